The molecule has 10 heteroatoms. The van der Waals surface area contributed by atoms with Gasteiger partial charge in [0.25, 0.3) is 10.0 Å². The van der Waals surface area contributed by atoms with Gasteiger partial charge in [-0.15, -0.1) is 11.8 Å². The number of halogens is 1. The van der Waals surface area contributed by atoms with Crippen molar-refractivity contribution in [1.82, 2.24) is 0 Å². The predicted molar refractivity (Wildman–Crippen MR) is 106 cm³/mol. The highest BCUT2D eigenvalue weighted by Crippen LogP contribution is 2.19. The Kier molecular flexibility index (Phi) is 7.82. The molecule has 2 aromatic carbocycles. The number of ether oxygens (including phenoxy) is 1. The van der Waals surface area contributed by atoms with E-state index in [1.165, 1.54) is 61.3 Å². The Hall–Kier alpha value is -2.59. The SMILES string of the molecule is COC(=O)CSCCC(=O)Nc1ccc(S(=O)(=O)Nc2cccc(F)c2)cc1. The van der Waals surface area contributed by atoms with E-state index in [0.717, 1.165) is 6.07 Å². The first kappa shape index (κ1) is 21.7. The minimum Gasteiger partial charge on any atom is -0.468 e. The smallest absolute Gasteiger partial charge is 0.315 e. The second-order valence-corrected chi connectivity index (χ2v) is 8.35. The average molecular weight is 426 g/mol. The zero-order chi connectivity index (χ0) is 20.6. The molecule has 0 atom stereocenters. The second kappa shape index (κ2) is 10.1. The fourth-order valence-corrected chi connectivity index (χ4v) is 3.89. The summed E-state index contributed by atoms with van der Waals surface area (Å²) in [5.41, 5.74) is 0.550. The van der Waals surface area contributed by atoms with Gasteiger partial charge in [-0.3, -0.25) is 14.3 Å². The van der Waals surface area contributed by atoms with Crippen LogP contribution >= 0.6 is 11.8 Å². The maximum Gasteiger partial charge on any atom is 0.315 e. The van der Waals surface area contributed by atoms with Crippen molar-refractivity contribution in [2.24, 2.45) is 0 Å². The van der Waals surface area contributed by atoms with Gasteiger partial charge in [0.15, 0.2) is 0 Å². The molecule has 7 nitrogen and oxygen atoms in total. The van der Waals surface area contributed by atoms with E-state index in [4.69, 9.17) is 0 Å². The van der Waals surface area contributed by atoms with Crippen LogP contribution in [0.15, 0.2) is 53.4 Å². The van der Waals surface area contributed by atoms with E-state index >= 15 is 0 Å². The van der Waals surface area contributed by atoms with Crippen molar-refractivity contribution in [3.8, 4) is 0 Å². The monoisotopic (exact) mass is 426 g/mol. The number of anilines is 2. The number of sulfonamides is 1. The summed E-state index contributed by atoms with van der Waals surface area (Å²) in [6, 6.07) is 10.7. The number of methoxy groups -OCH3 is 1. The van der Waals surface area contributed by atoms with Crippen molar-refractivity contribution in [3.05, 3.63) is 54.3 Å². The lowest BCUT2D eigenvalue weighted by molar-refractivity contribution is -0.137. The first-order chi connectivity index (χ1) is 13.3. The number of esters is 1. The number of rotatable bonds is 9. The summed E-state index contributed by atoms with van der Waals surface area (Å²) < 4.78 is 44.7. The van der Waals surface area contributed by atoms with Crippen molar-refractivity contribution in [1.29, 1.82) is 0 Å². The van der Waals surface area contributed by atoms with Crippen LogP contribution in [-0.2, 0) is 24.3 Å². The minimum absolute atomic E-state index is 0.0246. The number of carbonyl (C=O) groups excluding carboxylic acids is 2. The van der Waals surface area contributed by atoms with Crippen molar-refractivity contribution in [2.75, 3.05) is 28.7 Å². The van der Waals surface area contributed by atoms with Crippen LogP contribution in [0.3, 0.4) is 0 Å². The summed E-state index contributed by atoms with van der Waals surface area (Å²) in [6.45, 7) is 0. The molecule has 0 aliphatic carbocycles. The third kappa shape index (κ3) is 6.86. The Labute approximate surface area is 166 Å². The summed E-state index contributed by atoms with van der Waals surface area (Å²) in [5.74, 6) is -0.539. The highest BCUT2D eigenvalue weighted by atomic mass is 32.2. The van der Waals surface area contributed by atoms with Gasteiger partial charge >= 0.3 is 5.97 Å². The van der Waals surface area contributed by atoms with E-state index in [2.05, 4.69) is 14.8 Å². The fourth-order valence-electron chi connectivity index (χ4n) is 2.09. The zero-order valence-electron chi connectivity index (χ0n) is 15.0. The van der Waals surface area contributed by atoms with Crippen molar-refractivity contribution in [3.63, 3.8) is 0 Å². The number of benzene rings is 2. The summed E-state index contributed by atoms with van der Waals surface area (Å²) >= 11 is 1.28. The van der Waals surface area contributed by atoms with E-state index in [1.54, 1.807) is 0 Å². The molecule has 150 valence electrons. The van der Waals surface area contributed by atoms with Gasteiger partial charge < -0.3 is 10.1 Å². The summed E-state index contributed by atoms with van der Waals surface area (Å²) in [5, 5.41) is 2.65. The Bertz CT molecular complexity index is 933. The number of hydrogen-bond acceptors (Lipinski definition) is 6. The zero-order valence-corrected chi connectivity index (χ0v) is 16.6. The molecule has 0 unspecified atom stereocenters. The van der Waals surface area contributed by atoms with Crippen LogP contribution in [0.5, 0.6) is 0 Å². The highest BCUT2D eigenvalue weighted by Gasteiger charge is 2.14. The molecule has 2 aromatic rings. The van der Waals surface area contributed by atoms with Crippen LogP contribution < -0.4 is 10.0 Å². The molecule has 28 heavy (non-hydrogen) atoms. The second-order valence-electron chi connectivity index (χ2n) is 5.57. The molecule has 0 saturated heterocycles. The molecule has 0 bridgehead atoms. The van der Waals surface area contributed by atoms with Gasteiger partial charge in [-0.2, -0.15) is 0 Å². The van der Waals surface area contributed by atoms with E-state index in [9.17, 15) is 22.4 Å². The molecule has 0 aliphatic heterocycles. The number of nitrogens with one attached hydrogen (secondary N) is 2. The number of amides is 1. The summed E-state index contributed by atoms with van der Waals surface area (Å²) in [6.07, 6.45) is 0.197. The van der Waals surface area contributed by atoms with Gasteiger partial charge in [-0.05, 0) is 42.5 Å². The molecule has 0 radical (unpaired) electrons. The average Bonchev–Trinajstić information content (AvgIpc) is 2.65. The third-order valence-electron chi connectivity index (χ3n) is 3.45. The van der Waals surface area contributed by atoms with Gasteiger partial charge in [-0.25, -0.2) is 12.8 Å². The van der Waals surface area contributed by atoms with E-state index in [1.807, 2.05) is 0 Å². The first-order valence-corrected chi connectivity index (χ1v) is 10.8. The predicted octanol–water partition coefficient (Wildman–Crippen LogP) is 2.86. The quantitative estimate of drug-likeness (QED) is 0.472. The van der Waals surface area contributed by atoms with Crippen molar-refractivity contribution < 1.29 is 27.1 Å². The van der Waals surface area contributed by atoms with E-state index < -0.39 is 15.8 Å². The molecular formula is C18H19FN2O5S2. The van der Waals surface area contributed by atoms with Crippen LogP contribution in [0.25, 0.3) is 0 Å². The first-order valence-electron chi connectivity index (χ1n) is 8.13. The molecule has 0 saturated carbocycles. The largest absolute Gasteiger partial charge is 0.468 e. The van der Waals surface area contributed by atoms with Crippen LogP contribution in [0, 0.1) is 5.82 Å². The molecule has 2 N–H and O–H groups in total. The van der Waals surface area contributed by atoms with Crippen LogP contribution in [0.1, 0.15) is 6.42 Å². The summed E-state index contributed by atoms with van der Waals surface area (Å²) in [7, 11) is -2.58. The maximum atomic E-state index is 13.2. The molecule has 0 aliphatic rings. The number of hydrogen-bond donors (Lipinski definition) is 2. The van der Waals surface area contributed by atoms with Crippen LogP contribution in [0.2, 0.25) is 0 Å². The maximum absolute atomic E-state index is 13.2. The molecule has 0 fully saturated rings. The van der Waals surface area contributed by atoms with Gasteiger partial charge in [0.2, 0.25) is 5.91 Å². The van der Waals surface area contributed by atoms with Gasteiger partial charge in [0, 0.05) is 17.9 Å². The molecule has 2 rings (SSSR count). The standard InChI is InChI=1S/C18H19FN2O5S2/c1-26-18(23)12-27-10-9-17(22)20-14-5-7-16(8-6-14)28(24,25)21-15-4-2-3-13(19)11-15/h2-8,11,21H,9-10,12H2,1H3,(H,20,22). The molecular weight excluding hydrogens is 407 g/mol. The van der Waals surface area contributed by atoms with Gasteiger partial charge in [0.05, 0.1) is 23.4 Å². The lowest BCUT2D eigenvalue weighted by Crippen LogP contribution is -2.14. The van der Waals surface area contributed by atoms with Crippen molar-refractivity contribution >= 4 is 45.0 Å². The van der Waals surface area contributed by atoms with E-state index in [-0.39, 0.29) is 34.6 Å². The lowest BCUT2D eigenvalue weighted by Gasteiger charge is -2.09. The Morgan fingerprint density at radius 1 is 1.11 bits per heavy atom. The van der Waals surface area contributed by atoms with E-state index in [0.29, 0.717) is 11.4 Å². The van der Waals surface area contributed by atoms with Gasteiger partial charge in [-0.1, -0.05) is 6.07 Å². The van der Waals surface area contributed by atoms with Crippen LogP contribution in [0.4, 0.5) is 15.8 Å². The fraction of sp³-hybridized carbons (Fsp3) is 0.222. The van der Waals surface area contributed by atoms with Crippen LogP contribution in [-0.4, -0.2) is 38.9 Å². The van der Waals surface area contributed by atoms with Crippen molar-refractivity contribution in [2.45, 2.75) is 11.3 Å². The number of carbonyl (C=O) groups is 2. The molecule has 0 aromatic heterocycles. The molecule has 0 heterocycles. The molecule has 0 spiro atoms. The Morgan fingerprint density at radius 3 is 2.46 bits per heavy atom. The minimum atomic E-state index is -3.88. The topological polar surface area (TPSA) is 102 Å². The highest BCUT2D eigenvalue weighted by molar-refractivity contribution is 7.99. The lowest BCUT2D eigenvalue weighted by atomic mass is 10.3. The molecule has 1 amide bonds. The summed E-state index contributed by atoms with van der Waals surface area (Å²) in [4.78, 5) is 22.8. The Morgan fingerprint density at radius 2 is 1.82 bits per heavy atom. The Balaban J connectivity index is 1.90. The third-order valence-corrected chi connectivity index (χ3v) is 5.78. The number of thioether (sulfide) groups is 1. The van der Waals surface area contributed by atoms with Gasteiger partial charge in [0.1, 0.15) is 5.82 Å². The normalized spacial score (nSPS) is 10.9.